The highest BCUT2D eigenvalue weighted by atomic mass is 79.9. The monoisotopic (exact) mass is 432 g/mol. The molecular weight excluding hydrogens is 415 g/mol. The van der Waals surface area contributed by atoms with E-state index in [1.165, 1.54) is 23.1 Å². The van der Waals surface area contributed by atoms with Gasteiger partial charge < -0.3 is 14.9 Å². The number of amides is 2. The lowest BCUT2D eigenvalue weighted by Crippen LogP contribution is -2.73. The largest absolute Gasteiger partial charge is 0.394 e. The number of carbonyl (C=O) groups is 2. The average Bonchev–Trinajstić information content (AvgIpc) is 2.64. The van der Waals surface area contributed by atoms with Gasteiger partial charge in [-0.15, -0.1) is 0 Å². The van der Waals surface area contributed by atoms with E-state index in [9.17, 15) is 19.1 Å². The molecule has 1 N–H and O–H groups in total. The maximum absolute atomic E-state index is 13.5. The fourth-order valence-corrected chi connectivity index (χ4v) is 4.41. The van der Waals surface area contributed by atoms with Gasteiger partial charge in [0, 0.05) is 22.5 Å². The Labute approximate surface area is 164 Å². The van der Waals surface area contributed by atoms with Crippen LogP contribution in [0.2, 0.25) is 0 Å². The van der Waals surface area contributed by atoms with Crippen LogP contribution in [0.5, 0.6) is 0 Å². The molecule has 0 spiro atoms. The molecule has 2 aromatic rings. The van der Waals surface area contributed by atoms with Crippen LogP contribution >= 0.6 is 15.9 Å². The summed E-state index contributed by atoms with van der Waals surface area (Å²) in [5.74, 6) is -1.08. The number of hydrogen-bond donors (Lipinski definition) is 1. The van der Waals surface area contributed by atoms with E-state index in [1.807, 2.05) is 24.3 Å². The van der Waals surface area contributed by atoms with Gasteiger partial charge in [0.15, 0.2) is 0 Å². The van der Waals surface area contributed by atoms with Crippen LogP contribution in [0, 0.1) is 5.82 Å². The van der Waals surface area contributed by atoms with Crippen molar-refractivity contribution in [2.24, 2.45) is 0 Å². The lowest BCUT2D eigenvalue weighted by atomic mass is 9.73. The first kappa shape index (κ1) is 18.1. The minimum atomic E-state index is -0.484. The average molecular weight is 433 g/mol. The van der Waals surface area contributed by atoms with Crippen molar-refractivity contribution in [3.8, 4) is 0 Å². The van der Waals surface area contributed by atoms with E-state index in [4.69, 9.17) is 0 Å². The lowest BCUT2D eigenvalue weighted by Gasteiger charge is -2.58. The van der Waals surface area contributed by atoms with Gasteiger partial charge in [0.25, 0.3) is 5.91 Å². The van der Waals surface area contributed by atoms with Crippen LogP contribution in [0.25, 0.3) is 0 Å². The Morgan fingerprint density at radius 1 is 1.22 bits per heavy atom. The van der Waals surface area contributed by atoms with Crippen molar-refractivity contribution >= 4 is 27.7 Å². The highest BCUT2D eigenvalue weighted by Gasteiger charge is 2.54. The van der Waals surface area contributed by atoms with Crippen molar-refractivity contribution in [1.82, 2.24) is 9.80 Å². The third-order valence-corrected chi connectivity index (χ3v) is 5.89. The number of benzene rings is 2. The summed E-state index contributed by atoms with van der Waals surface area (Å²) in [4.78, 5) is 28.5. The number of piperazine rings is 1. The standard InChI is InChI=1S/C20H18BrFN2O3/c21-14-6-4-12(5-7-14)19-16-9-23(10-18(26)24(16)17(19)11-25)20(27)13-2-1-3-15(22)8-13/h1-8,16-17,19,25H,9-11H2/t16-,17+,19-/m0/s1. The van der Waals surface area contributed by atoms with Crippen molar-refractivity contribution in [2.75, 3.05) is 19.7 Å². The molecule has 7 heteroatoms. The number of carbonyl (C=O) groups excluding carboxylic acids is 2. The summed E-state index contributed by atoms with van der Waals surface area (Å²) in [6.07, 6.45) is 0. The van der Waals surface area contributed by atoms with Gasteiger partial charge >= 0.3 is 0 Å². The zero-order chi connectivity index (χ0) is 19.1. The first-order valence-corrected chi connectivity index (χ1v) is 9.51. The molecule has 0 saturated carbocycles. The predicted octanol–water partition coefficient (Wildman–Crippen LogP) is 2.40. The van der Waals surface area contributed by atoms with Gasteiger partial charge in [0.1, 0.15) is 12.4 Å². The number of aliphatic hydroxyl groups is 1. The first-order valence-electron chi connectivity index (χ1n) is 8.72. The molecule has 5 nitrogen and oxygen atoms in total. The smallest absolute Gasteiger partial charge is 0.254 e. The Kier molecular flexibility index (Phi) is 4.74. The highest BCUT2D eigenvalue weighted by Crippen LogP contribution is 2.43. The summed E-state index contributed by atoms with van der Waals surface area (Å²) in [7, 11) is 0. The Hall–Kier alpha value is -2.25. The van der Waals surface area contributed by atoms with Gasteiger partial charge in [0.2, 0.25) is 5.91 Å². The molecule has 2 aliphatic rings. The summed E-state index contributed by atoms with van der Waals surface area (Å²) in [5.41, 5.74) is 1.25. The van der Waals surface area contributed by atoms with Gasteiger partial charge in [-0.3, -0.25) is 9.59 Å². The SMILES string of the molecule is O=C(c1cccc(F)c1)N1CC(=O)N2[C@H](CO)[C@@H](c3ccc(Br)cc3)[C@@H]2C1. The Balaban J connectivity index is 1.59. The van der Waals surface area contributed by atoms with E-state index in [2.05, 4.69) is 15.9 Å². The molecule has 2 amide bonds. The fourth-order valence-electron chi connectivity index (χ4n) is 4.14. The molecule has 2 aliphatic heterocycles. The van der Waals surface area contributed by atoms with Crippen LogP contribution in [0.15, 0.2) is 53.0 Å². The Morgan fingerprint density at radius 3 is 2.63 bits per heavy atom. The van der Waals surface area contributed by atoms with E-state index in [-0.39, 0.29) is 48.5 Å². The predicted molar refractivity (Wildman–Crippen MR) is 101 cm³/mol. The summed E-state index contributed by atoms with van der Waals surface area (Å²) in [5, 5.41) is 9.79. The third-order valence-electron chi connectivity index (χ3n) is 5.37. The molecule has 4 rings (SSSR count). The van der Waals surface area contributed by atoms with E-state index in [1.54, 1.807) is 11.0 Å². The van der Waals surface area contributed by atoms with E-state index < -0.39 is 5.82 Å². The van der Waals surface area contributed by atoms with E-state index >= 15 is 0 Å². The molecular formula is C20H18BrFN2O3. The molecule has 3 atom stereocenters. The molecule has 2 fully saturated rings. The minimum absolute atomic E-state index is 0.0461. The number of fused-ring (bicyclic) bond motifs is 1. The van der Waals surface area contributed by atoms with E-state index in [0.717, 1.165) is 10.0 Å². The highest BCUT2D eigenvalue weighted by molar-refractivity contribution is 9.10. The molecule has 0 aromatic heterocycles. The van der Waals surface area contributed by atoms with Crippen LogP contribution in [0.3, 0.4) is 0 Å². The molecule has 0 bridgehead atoms. The van der Waals surface area contributed by atoms with Crippen LogP contribution < -0.4 is 0 Å². The normalized spacial score (nSPS) is 24.4. The maximum atomic E-state index is 13.5. The third kappa shape index (κ3) is 3.15. The zero-order valence-corrected chi connectivity index (χ0v) is 16.0. The quantitative estimate of drug-likeness (QED) is 0.809. The first-order chi connectivity index (χ1) is 13.0. The number of halogens is 2. The van der Waals surface area contributed by atoms with Crippen molar-refractivity contribution in [1.29, 1.82) is 0 Å². The van der Waals surface area contributed by atoms with Gasteiger partial charge in [0.05, 0.1) is 18.7 Å². The maximum Gasteiger partial charge on any atom is 0.254 e. The fraction of sp³-hybridized carbons (Fsp3) is 0.300. The van der Waals surface area contributed by atoms with Crippen molar-refractivity contribution < 1.29 is 19.1 Å². The van der Waals surface area contributed by atoms with Crippen molar-refractivity contribution in [3.05, 3.63) is 69.9 Å². The second-order valence-electron chi connectivity index (χ2n) is 6.89. The molecule has 2 heterocycles. The Bertz CT molecular complexity index is 889. The molecule has 140 valence electrons. The number of rotatable bonds is 3. The van der Waals surface area contributed by atoms with Crippen LogP contribution in [0.1, 0.15) is 21.8 Å². The molecule has 0 aliphatic carbocycles. The van der Waals surface area contributed by atoms with Gasteiger partial charge in [-0.25, -0.2) is 4.39 Å². The Morgan fingerprint density at radius 2 is 1.96 bits per heavy atom. The minimum Gasteiger partial charge on any atom is -0.394 e. The van der Waals surface area contributed by atoms with Crippen molar-refractivity contribution in [3.63, 3.8) is 0 Å². The van der Waals surface area contributed by atoms with Crippen LogP contribution in [-0.4, -0.2) is 58.5 Å². The number of hydrogen-bond acceptors (Lipinski definition) is 3. The van der Waals surface area contributed by atoms with Gasteiger partial charge in [-0.2, -0.15) is 0 Å². The molecule has 0 unspecified atom stereocenters. The van der Waals surface area contributed by atoms with E-state index in [0.29, 0.717) is 6.54 Å². The molecule has 2 saturated heterocycles. The topological polar surface area (TPSA) is 60.9 Å². The second-order valence-corrected chi connectivity index (χ2v) is 7.81. The molecule has 0 radical (unpaired) electrons. The van der Waals surface area contributed by atoms with Gasteiger partial charge in [-0.05, 0) is 35.9 Å². The number of nitrogens with zero attached hydrogens (tertiary/aromatic N) is 2. The lowest BCUT2D eigenvalue weighted by molar-refractivity contribution is -0.159. The van der Waals surface area contributed by atoms with Gasteiger partial charge in [-0.1, -0.05) is 34.1 Å². The second kappa shape index (κ2) is 7.05. The summed E-state index contributed by atoms with van der Waals surface area (Å²) in [6, 6.07) is 12.8. The molecule has 27 heavy (non-hydrogen) atoms. The van der Waals surface area contributed by atoms with Crippen LogP contribution in [-0.2, 0) is 4.79 Å². The van der Waals surface area contributed by atoms with Crippen LogP contribution in [0.4, 0.5) is 4.39 Å². The van der Waals surface area contributed by atoms with Crippen molar-refractivity contribution in [2.45, 2.75) is 18.0 Å². The zero-order valence-electron chi connectivity index (χ0n) is 14.4. The molecule has 2 aromatic carbocycles. The summed E-state index contributed by atoms with van der Waals surface area (Å²) in [6.45, 7) is 0.175. The number of aliphatic hydroxyl groups excluding tert-OH is 1. The summed E-state index contributed by atoms with van der Waals surface area (Å²) >= 11 is 3.41. The summed E-state index contributed by atoms with van der Waals surface area (Å²) < 4.78 is 14.4.